The molecule has 0 bridgehead atoms. The maximum absolute atomic E-state index is 10.8. The highest BCUT2D eigenvalue weighted by Gasteiger charge is 2.57. The number of hydrogen-bond acceptors (Lipinski definition) is 7. The zero-order valence-electron chi connectivity index (χ0n) is 15.3. The monoisotopic (exact) mass is 442 g/mol. The molecule has 2 aliphatic rings. The molecule has 0 aliphatic carbocycles. The van der Waals surface area contributed by atoms with Crippen LogP contribution in [0, 0.1) is 0 Å². The molecule has 1 fully saturated rings. The van der Waals surface area contributed by atoms with E-state index in [1.54, 1.807) is 11.3 Å². The van der Waals surface area contributed by atoms with Gasteiger partial charge >= 0.3 is 0 Å². The van der Waals surface area contributed by atoms with Gasteiger partial charge < -0.3 is 25.2 Å². The zero-order chi connectivity index (χ0) is 20.1. The molecule has 1 aromatic heterocycles. The number of thioether (sulfide) groups is 1. The van der Waals surface area contributed by atoms with Crippen LogP contribution in [0.2, 0.25) is 5.02 Å². The van der Waals surface area contributed by atoms with E-state index in [0.717, 1.165) is 34.9 Å². The lowest BCUT2D eigenvalue weighted by Crippen LogP contribution is -2.58. The van der Waals surface area contributed by atoms with Crippen molar-refractivity contribution in [3.63, 3.8) is 0 Å². The minimum atomic E-state index is -1.41. The second-order valence-electron chi connectivity index (χ2n) is 7.22. The molecule has 4 N–H and O–H groups in total. The normalized spacial score (nSPS) is 32.1. The Balaban J connectivity index is 1.72. The van der Waals surface area contributed by atoms with E-state index in [2.05, 4.69) is 19.1 Å². The van der Waals surface area contributed by atoms with Gasteiger partial charge in [-0.15, -0.1) is 23.1 Å². The van der Waals surface area contributed by atoms with Crippen LogP contribution in [0.3, 0.4) is 0 Å². The summed E-state index contributed by atoms with van der Waals surface area (Å²) in [5, 5.41) is 40.9. The fraction of sp³-hybridized carbons (Fsp3) is 0.500. The van der Waals surface area contributed by atoms with E-state index in [-0.39, 0.29) is 13.2 Å². The smallest absolute Gasteiger partial charge is 0.168 e. The van der Waals surface area contributed by atoms with Gasteiger partial charge in [-0.2, -0.15) is 0 Å². The first-order chi connectivity index (χ1) is 13.4. The van der Waals surface area contributed by atoms with Crippen LogP contribution < -0.4 is 0 Å². The molecule has 2 aliphatic heterocycles. The summed E-state index contributed by atoms with van der Waals surface area (Å²) in [7, 11) is 0. The number of aliphatic hydroxyl groups excluding tert-OH is 4. The van der Waals surface area contributed by atoms with Crippen molar-refractivity contribution in [3.8, 4) is 0 Å². The van der Waals surface area contributed by atoms with Crippen LogP contribution >= 0.6 is 34.7 Å². The van der Waals surface area contributed by atoms with E-state index >= 15 is 0 Å². The third-order valence-electron chi connectivity index (χ3n) is 5.47. The minimum absolute atomic E-state index is 0.249. The molecule has 3 heterocycles. The summed E-state index contributed by atoms with van der Waals surface area (Å²) in [6, 6.07) is 8.01. The van der Waals surface area contributed by atoms with Crippen LogP contribution in [0.1, 0.15) is 33.4 Å². The highest BCUT2D eigenvalue weighted by molar-refractivity contribution is 8.00. The third-order valence-corrected chi connectivity index (χ3v) is 8.71. The number of ether oxygens (including phenoxy) is 1. The van der Waals surface area contributed by atoms with E-state index in [1.165, 1.54) is 9.75 Å². The van der Waals surface area contributed by atoms with Gasteiger partial charge in [-0.25, -0.2) is 0 Å². The van der Waals surface area contributed by atoms with E-state index < -0.39 is 28.5 Å². The molecular formula is C20H23ClO5S2. The molecule has 1 spiro atoms. The van der Waals surface area contributed by atoms with Gasteiger partial charge in [0.05, 0.1) is 24.6 Å². The van der Waals surface area contributed by atoms with Gasteiger partial charge in [0.15, 0.2) is 4.93 Å². The number of thiophene rings is 1. The number of fused-ring (bicyclic) bond motifs is 2. The molecular weight excluding hydrogens is 420 g/mol. The summed E-state index contributed by atoms with van der Waals surface area (Å²) in [6.07, 6.45) is -2.30. The van der Waals surface area contributed by atoms with Gasteiger partial charge in [0.25, 0.3) is 0 Å². The highest BCUT2D eigenvalue weighted by Crippen LogP contribution is 2.54. The van der Waals surface area contributed by atoms with E-state index in [9.17, 15) is 20.4 Å². The fourth-order valence-corrected chi connectivity index (χ4v) is 6.66. The maximum Gasteiger partial charge on any atom is 0.168 e. The lowest BCUT2D eigenvalue weighted by Gasteiger charge is -2.45. The highest BCUT2D eigenvalue weighted by atomic mass is 35.5. The zero-order valence-corrected chi connectivity index (χ0v) is 17.7. The predicted molar refractivity (Wildman–Crippen MR) is 111 cm³/mol. The van der Waals surface area contributed by atoms with E-state index in [1.807, 2.05) is 12.1 Å². The number of hydrogen-bond donors (Lipinski definition) is 4. The van der Waals surface area contributed by atoms with Crippen molar-refractivity contribution in [2.24, 2.45) is 0 Å². The van der Waals surface area contributed by atoms with Crippen LogP contribution in [0.15, 0.2) is 24.3 Å². The molecule has 1 aromatic carbocycles. The maximum atomic E-state index is 10.8. The van der Waals surface area contributed by atoms with E-state index in [4.69, 9.17) is 16.3 Å². The summed E-state index contributed by atoms with van der Waals surface area (Å²) in [5.41, 5.74) is 2.52. The Morgan fingerprint density at radius 3 is 2.61 bits per heavy atom. The van der Waals surface area contributed by atoms with Crippen molar-refractivity contribution < 1.29 is 25.2 Å². The van der Waals surface area contributed by atoms with Gasteiger partial charge in [-0.05, 0) is 41.8 Å². The lowest BCUT2D eigenvalue weighted by molar-refractivity contribution is -0.147. The molecule has 0 radical (unpaired) electrons. The molecule has 0 saturated carbocycles. The Labute approximate surface area is 176 Å². The molecule has 0 amide bonds. The van der Waals surface area contributed by atoms with E-state index in [0.29, 0.717) is 11.4 Å². The van der Waals surface area contributed by atoms with Crippen LogP contribution in [0.5, 0.6) is 0 Å². The van der Waals surface area contributed by atoms with Crippen LogP contribution in [0.4, 0.5) is 0 Å². The fourth-order valence-electron chi connectivity index (χ4n) is 3.88. The van der Waals surface area contributed by atoms with Gasteiger partial charge in [0, 0.05) is 26.8 Å². The largest absolute Gasteiger partial charge is 0.395 e. The first kappa shape index (κ1) is 20.6. The molecule has 5 atom stereocenters. The molecule has 4 rings (SSSR count). The molecule has 1 saturated heterocycles. The van der Waals surface area contributed by atoms with Gasteiger partial charge in [0.1, 0.15) is 12.2 Å². The van der Waals surface area contributed by atoms with Crippen molar-refractivity contribution in [3.05, 3.63) is 55.7 Å². The van der Waals surface area contributed by atoms with Crippen molar-refractivity contribution in [2.45, 2.75) is 54.9 Å². The van der Waals surface area contributed by atoms with Crippen molar-refractivity contribution >= 4 is 34.7 Å². The summed E-state index contributed by atoms with van der Waals surface area (Å²) in [4.78, 5) is 1.28. The number of halogens is 1. The quantitative estimate of drug-likeness (QED) is 0.581. The first-order valence-electron chi connectivity index (χ1n) is 9.25. The average Bonchev–Trinajstić information content (AvgIpc) is 3.29. The second-order valence-corrected chi connectivity index (χ2v) is 10.3. The molecule has 5 nitrogen and oxygen atoms in total. The van der Waals surface area contributed by atoms with Crippen molar-refractivity contribution in [2.75, 3.05) is 6.61 Å². The Morgan fingerprint density at radius 1 is 1.18 bits per heavy atom. The van der Waals surface area contributed by atoms with Gasteiger partial charge in [0.2, 0.25) is 0 Å². The summed E-state index contributed by atoms with van der Waals surface area (Å²) >= 11 is 9.43. The minimum Gasteiger partial charge on any atom is -0.395 e. The molecule has 0 unspecified atom stereocenters. The number of rotatable bonds is 4. The SMILES string of the molecule is CCc1ccc(Cc2cc3c(cc2Cl)CO[C@]32S[C@H](CO)[C@@H](O)[C@H](O)[C@H]2O)s1. The number of aryl methyl sites for hydroxylation is 1. The van der Waals surface area contributed by atoms with Gasteiger partial charge in [-0.1, -0.05) is 18.5 Å². The Bertz CT molecular complexity index is 870. The summed E-state index contributed by atoms with van der Waals surface area (Å²) in [6.45, 7) is 2.04. The lowest BCUT2D eigenvalue weighted by atomic mass is 9.91. The average molecular weight is 443 g/mol. The van der Waals surface area contributed by atoms with Crippen LogP contribution in [0.25, 0.3) is 0 Å². The Kier molecular flexibility index (Phi) is 5.81. The Morgan fingerprint density at radius 2 is 1.93 bits per heavy atom. The number of aliphatic hydroxyl groups is 4. The standard InChI is InChI=1S/C20H23ClO5S2/c1-2-12-3-4-13(27-12)5-10-6-14-11(7-15(10)21)9-26-20(14)19(25)18(24)17(23)16(8-22)28-20/h3-4,6-7,16-19,22-25H,2,5,8-9H2,1H3/t16-,17-,18+,19-,20+/m1/s1. The molecule has 152 valence electrons. The molecule has 2 aromatic rings. The first-order valence-corrected chi connectivity index (χ1v) is 11.3. The van der Waals surface area contributed by atoms with Crippen LogP contribution in [-0.4, -0.2) is 50.6 Å². The summed E-state index contributed by atoms with van der Waals surface area (Å²) in [5.74, 6) is 0. The molecule has 28 heavy (non-hydrogen) atoms. The topological polar surface area (TPSA) is 90.2 Å². The van der Waals surface area contributed by atoms with Crippen molar-refractivity contribution in [1.82, 2.24) is 0 Å². The van der Waals surface area contributed by atoms with Crippen molar-refractivity contribution in [1.29, 1.82) is 0 Å². The van der Waals surface area contributed by atoms with Gasteiger partial charge in [-0.3, -0.25) is 0 Å². The summed E-state index contributed by atoms with van der Waals surface area (Å²) < 4.78 is 5.97. The number of benzene rings is 1. The third kappa shape index (κ3) is 3.32. The predicted octanol–water partition coefficient (Wildman–Crippen LogP) is 2.43. The van der Waals surface area contributed by atoms with Crippen LogP contribution in [-0.2, 0) is 29.1 Å². The molecule has 8 heteroatoms. The Hall–Kier alpha value is -0.640. The second kappa shape index (κ2) is 7.89.